The number of rotatable bonds is 3. The molecule has 0 unspecified atom stereocenters. The maximum atomic E-state index is 12.1. The highest BCUT2D eigenvalue weighted by Crippen LogP contribution is 2.28. The molecule has 7 nitrogen and oxygen atoms in total. The molecule has 0 bridgehead atoms. The molecule has 1 saturated heterocycles. The zero-order valence-electron chi connectivity index (χ0n) is 12.1. The Labute approximate surface area is 124 Å². The van der Waals surface area contributed by atoms with Gasteiger partial charge in [0, 0.05) is 19.6 Å². The van der Waals surface area contributed by atoms with E-state index in [1.54, 1.807) is 0 Å². The Morgan fingerprint density at radius 2 is 2.00 bits per heavy atom. The lowest BCUT2D eigenvalue weighted by Gasteiger charge is -2.27. The number of carbonyl (C=O) groups excluding carboxylic acids is 2. The van der Waals surface area contributed by atoms with Gasteiger partial charge in [-0.05, 0) is 38.0 Å². The van der Waals surface area contributed by atoms with Gasteiger partial charge < -0.3 is 20.6 Å². The largest absolute Gasteiger partial charge is 0.481 e. The molecule has 0 aromatic carbocycles. The summed E-state index contributed by atoms with van der Waals surface area (Å²) in [5.74, 6) is -0.728. The molecule has 0 atom stereocenters. The average molecular weight is 297 g/mol. The highest BCUT2D eigenvalue weighted by atomic mass is 16.4. The third-order valence-electron chi connectivity index (χ3n) is 4.29. The number of hydrogen-bond donors (Lipinski definition) is 3. The van der Waals surface area contributed by atoms with Crippen molar-refractivity contribution in [2.45, 2.75) is 32.1 Å². The molecular weight excluding hydrogens is 274 g/mol. The van der Waals surface area contributed by atoms with Crippen molar-refractivity contribution in [1.82, 2.24) is 15.5 Å². The Morgan fingerprint density at radius 1 is 1.29 bits per heavy atom. The van der Waals surface area contributed by atoms with E-state index in [1.807, 2.05) is 0 Å². The second-order valence-electron chi connectivity index (χ2n) is 5.87. The fourth-order valence-corrected chi connectivity index (χ4v) is 2.94. The number of nitrogens with zero attached hydrogens (tertiary/aromatic N) is 1. The molecule has 1 aliphatic heterocycles. The molecule has 1 heterocycles. The minimum atomic E-state index is -0.715. The van der Waals surface area contributed by atoms with Gasteiger partial charge in [0.25, 0.3) is 0 Å². The molecule has 7 heteroatoms. The normalized spacial score (nSPS) is 26.7. The quantitative estimate of drug-likeness (QED) is 0.702. The molecule has 3 N–H and O–H groups in total. The summed E-state index contributed by atoms with van der Waals surface area (Å²) in [6.07, 6.45) is 3.79. The lowest BCUT2D eigenvalue weighted by molar-refractivity contribution is -0.143. The molecular formula is C14H23N3O4. The fraction of sp³-hybridized carbons (Fsp3) is 0.786. The van der Waals surface area contributed by atoms with E-state index in [0.29, 0.717) is 38.4 Å². The van der Waals surface area contributed by atoms with Gasteiger partial charge in [-0.1, -0.05) is 0 Å². The smallest absolute Gasteiger partial charge is 0.317 e. The first kappa shape index (κ1) is 15.6. The van der Waals surface area contributed by atoms with Gasteiger partial charge in [-0.3, -0.25) is 9.59 Å². The van der Waals surface area contributed by atoms with Gasteiger partial charge in [0.05, 0.1) is 5.92 Å². The standard InChI is InChI=1S/C14H23N3O4/c18-12-9-17(7-1-6-15-12)14(21)16-8-10-2-4-11(5-3-10)13(19)20/h10-11H,1-9H2,(H,15,18)(H,16,21)(H,19,20). The predicted molar refractivity (Wildman–Crippen MR) is 75.7 cm³/mol. The summed E-state index contributed by atoms with van der Waals surface area (Å²) >= 11 is 0. The second-order valence-corrected chi connectivity index (χ2v) is 5.87. The zero-order chi connectivity index (χ0) is 15.2. The summed E-state index contributed by atoms with van der Waals surface area (Å²) in [7, 11) is 0. The lowest BCUT2D eigenvalue weighted by atomic mass is 9.82. The van der Waals surface area contributed by atoms with Gasteiger partial charge in [-0.2, -0.15) is 0 Å². The van der Waals surface area contributed by atoms with Crippen molar-refractivity contribution in [2.75, 3.05) is 26.2 Å². The van der Waals surface area contributed by atoms with E-state index >= 15 is 0 Å². The van der Waals surface area contributed by atoms with E-state index in [-0.39, 0.29) is 24.4 Å². The van der Waals surface area contributed by atoms with E-state index in [0.717, 1.165) is 19.3 Å². The number of carboxylic acids is 1. The van der Waals surface area contributed by atoms with Crippen molar-refractivity contribution in [1.29, 1.82) is 0 Å². The van der Waals surface area contributed by atoms with Crippen LogP contribution in [0, 0.1) is 11.8 Å². The van der Waals surface area contributed by atoms with Crippen molar-refractivity contribution >= 4 is 17.9 Å². The Morgan fingerprint density at radius 3 is 2.67 bits per heavy atom. The van der Waals surface area contributed by atoms with Crippen LogP contribution in [-0.2, 0) is 9.59 Å². The summed E-state index contributed by atoms with van der Waals surface area (Å²) in [5, 5.41) is 14.6. The molecule has 0 radical (unpaired) electrons. The predicted octanol–water partition coefficient (Wildman–Crippen LogP) is 0.409. The Hall–Kier alpha value is -1.79. The molecule has 2 rings (SSSR count). The molecule has 2 fully saturated rings. The van der Waals surface area contributed by atoms with Crippen LogP contribution in [0.4, 0.5) is 4.79 Å². The van der Waals surface area contributed by atoms with Crippen molar-refractivity contribution in [3.05, 3.63) is 0 Å². The van der Waals surface area contributed by atoms with Gasteiger partial charge in [-0.25, -0.2) is 4.79 Å². The summed E-state index contributed by atoms with van der Waals surface area (Å²) < 4.78 is 0. The highest BCUT2D eigenvalue weighted by molar-refractivity contribution is 5.84. The average Bonchev–Trinajstić information content (AvgIpc) is 2.70. The molecule has 21 heavy (non-hydrogen) atoms. The van der Waals surface area contributed by atoms with Crippen molar-refractivity contribution in [3.63, 3.8) is 0 Å². The fourth-order valence-electron chi connectivity index (χ4n) is 2.94. The van der Waals surface area contributed by atoms with Crippen LogP contribution in [0.15, 0.2) is 0 Å². The number of amides is 3. The monoisotopic (exact) mass is 297 g/mol. The Bertz CT molecular complexity index is 405. The summed E-state index contributed by atoms with van der Waals surface area (Å²) in [6, 6.07) is -0.201. The van der Waals surface area contributed by atoms with Gasteiger partial charge >= 0.3 is 12.0 Å². The Kier molecular flexibility index (Phi) is 5.41. The molecule has 118 valence electrons. The van der Waals surface area contributed by atoms with Gasteiger partial charge in [-0.15, -0.1) is 0 Å². The molecule has 0 aromatic heterocycles. The third kappa shape index (κ3) is 4.61. The molecule has 0 aromatic rings. The van der Waals surface area contributed by atoms with Crippen LogP contribution in [0.2, 0.25) is 0 Å². The molecule has 1 aliphatic carbocycles. The maximum absolute atomic E-state index is 12.1. The zero-order valence-corrected chi connectivity index (χ0v) is 12.1. The van der Waals surface area contributed by atoms with Crippen LogP contribution in [0.5, 0.6) is 0 Å². The van der Waals surface area contributed by atoms with Crippen molar-refractivity contribution in [3.8, 4) is 0 Å². The van der Waals surface area contributed by atoms with E-state index in [9.17, 15) is 14.4 Å². The molecule has 0 spiro atoms. The number of carboxylic acid groups (broad SMARTS) is 1. The van der Waals surface area contributed by atoms with Crippen molar-refractivity contribution in [2.24, 2.45) is 11.8 Å². The van der Waals surface area contributed by atoms with Crippen molar-refractivity contribution < 1.29 is 19.5 Å². The summed E-state index contributed by atoms with van der Waals surface area (Å²) in [4.78, 5) is 35.9. The van der Waals surface area contributed by atoms with Gasteiger partial charge in [0.15, 0.2) is 0 Å². The van der Waals surface area contributed by atoms with Crippen LogP contribution < -0.4 is 10.6 Å². The van der Waals surface area contributed by atoms with Crippen LogP contribution in [-0.4, -0.2) is 54.1 Å². The van der Waals surface area contributed by atoms with E-state index in [4.69, 9.17) is 5.11 Å². The SMILES string of the molecule is O=C1CN(C(=O)NCC2CCC(C(=O)O)CC2)CCCN1. The van der Waals surface area contributed by atoms with Crippen LogP contribution in [0.1, 0.15) is 32.1 Å². The van der Waals surface area contributed by atoms with Gasteiger partial charge in [0.1, 0.15) is 6.54 Å². The lowest BCUT2D eigenvalue weighted by Crippen LogP contribution is -2.45. The third-order valence-corrected chi connectivity index (χ3v) is 4.29. The number of hydrogen-bond acceptors (Lipinski definition) is 3. The second kappa shape index (κ2) is 7.28. The highest BCUT2D eigenvalue weighted by Gasteiger charge is 2.26. The number of nitrogens with one attached hydrogen (secondary N) is 2. The van der Waals surface area contributed by atoms with Crippen LogP contribution in [0.25, 0.3) is 0 Å². The summed E-state index contributed by atoms with van der Waals surface area (Å²) in [5.41, 5.74) is 0. The van der Waals surface area contributed by atoms with Crippen LogP contribution >= 0.6 is 0 Å². The van der Waals surface area contributed by atoms with Crippen LogP contribution in [0.3, 0.4) is 0 Å². The number of carbonyl (C=O) groups is 3. The maximum Gasteiger partial charge on any atom is 0.317 e. The molecule has 2 aliphatic rings. The Balaban J connectivity index is 1.71. The minimum absolute atomic E-state index is 0.109. The number of aliphatic carboxylic acids is 1. The van der Waals surface area contributed by atoms with Gasteiger partial charge in [0.2, 0.25) is 5.91 Å². The molecule has 3 amide bonds. The first-order valence-corrected chi connectivity index (χ1v) is 7.58. The minimum Gasteiger partial charge on any atom is -0.481 e. The van der Waals surface area contributed by atoms with E-state index in [2.05, 4.69) is 10.6 Å². The molecule has 1 saturated carbocycles. The van der Waals surface area contributed by atoms with E-state index < -0.39 is 5.97 Å². The first-order chi connectivity index (χ1) is 10.1. The van der Waals surface area contributed by atoms with E-state index in [1.165, 1.54) is 4.90 Å². The summed E-state index contributed by atoms with van der Waals surface area (Å²) in [6.45, 7) is 1.86. The topological polar surface area (TPSA) is 98.7 Å². The first-order valence-electron chi connectivity index (χ1n) is 7.58. The number of urea groups is 1.